The molecule has 0 aromatic heterocycles. The van der Waals surface area contributed by atoms with Crippen LogP contribution in [-0.2, 0) is 16.2 Å². The van der Waals surface area contributed by atoms with Crippen molar-refractivity contribution < 1.29 is 48.3 Å². The van der Waals surface area contributed by atoms with Crippen LogP contribution in [0.4, 0.5) is 10.5 Å². The highest BCUT2D eigenvalue weighted by molar-refractivity contribution is 6.04. The summed E-state index contributed by atoms with van der Waals surface area (Å²) in [5.41, 5.74) is 4.31. The smallest absolute Gasteiger partial charge is 0.417 e. The SMILES string of the molecule is C=CCO[C@@]12Oc3ccc(OC(=O)Nc4ccc(OC)cc4OC)cc3[C@H]3[C@H](CCCCO)[C@@H](CCCCO)C=C(C(=NOCc4ccccc4)C[C@@H]1N(CCC)C(=O)c1ccc4ccccc4c1)[C@H]32. The average molecular weight is 952 g/mol. The van der Waals surface area contributed by atoms with Crippen LogP contribution in [0.2, 0.25) is 0 Å². The number of hydrogen-bond donors (Lipinski definition) is 3. The number of rotatable bonds is 22. The first kappa shape index (κ1) is 49.7. The van der Waals surface area contributed by atoms with Gasteiger partial charge in [-0.15, -0.1) is 6.58 Å². The minimum Gasteiger partial charge on any atom is -0.497 e. The minimum atomic E-state index is -1.46. The van der Waals surface area contributed by atoms with Crippen LogP contribution < -0.4 is 24.3 Å². The number of oxime groups is 1. The third kappa shape index (κ3) is 10.7. The van der Waals surface area contributed by atoms with Crippen molar-refractivity contribution in [2.45, 2.75) is 82.6 Å². The lowest BCUT2D eigenvalue weighted by molar-refractivity contribution is -0.254. The Balaban J connectivity index is 1.29. The molecule has 5 aromatic carbocycles. The van der Waals surface area contributed by atoms with Gasteiger partial charge in [-0.2, -0.15) is 0 Å². The van der Waals surface area contributed by atoms with E-state index < -0.39 is 23.8 Å². The van der Waals surface area contributed by atoms with Gasteiger partial charge in [-0.3, -0.25) is 10.1 Å². The molecule has 0 saturated heterocycles. The number of carbonyl (C=O) groups excluding carboxylic acids is 2. The van der Waals surface area contributed by atoms with Gasteiger partial charge in [0.25, 0.3) is 5.91 Å². The molecular weight excluding hydrogens is 887 g/mol. The van der Waals surface area contributed by atoms with Crippen molar-refractivity contribution in [3.63, 3.8) is 0 Å². The molecule has 0 spiro atoms. The van der Waals surface area contributed by atoms with Crippen molar-refractivity contribution in [1.82, 2.24) is 4.90 Å². The normalized spacial score (nSPS) is 21.6. The van der Waals surface area contributed by atoms with Gasteiger partial charge in [0, 0.05) is 49.3 Å². The molecule has 3 N–H and O–H groups in total. The van der Waals surface area contributed by atoms with Crippen molar-refractivity contribution in [2.24, 2.45) is 22.9 Å². The number of aliphatic hydroxyl groups is 2. The Labute approximate surface area is 410 Å². The molecule has 0 radical (unpaired) electrons. The lowest BCUT2D eigenvalue weighted by atomic mass is 9.55. The Bertz CT molecular complexity index is 2670. The van der Waals surface area contributed by atoms with Gasteiger partial charge in [0.2, 0.25) is 5.79 Å². The van der Waals surface area contributed by atoms with E-state index in [1.807, 2.05) is 89.8 Å². The Morgan fingerprint density at radius 2 is 1.63 bits per heavy atom. The van der Waals surface area contributed by atoms with Crippen LogP contribution in [0.3, 0.4) is 0 Å². The molecule has 2 aliphatic carbocycles. The zero-order valence-electron chi connectivity index (χ0n) is 40.4. The van der Waals surface area contributed by atoms with Crippen LogP contribution in [0.15, 0.2) is 139 Å². The molecule has 0 bridgehead atoms. The second-order valence-electron chi connectivity index (χ2n) is 18.2. The topological polar surface area (TPSA) is 158 Å². The van der Waals surface area contributed by atoms with Crippen LogP contribution in [0.25, 0.3) is 10.8 Å². The van der Waals surface area contributed by atoms with Gasteiger partial charge in [0.15, 0.2) is 0 Å². The third-order valence-corrected chi connectivity index (χ3v) is 13.8. The number of methoxy groups -OCH3 is 2. The molecule has 5 aromatic rings. The third-order valence-electron chi connectivity index (χ3n) is 13.8. The van der Waals surface area contributed by atoms with E-state index in [4.69, 9.17) is 33.7 Å². The molecule has 13 nitrogen and oxygen atoms in total. The maximum absolute atomic E-state index is 15.4. The van der Waals surface area contributed by atoms with Crippen LogP contribution in [0.5, 0.6) is 23.0 Å². The average Bonchev–Trinajstić information content (AvgIpc) is 3.38. The van der Waals surface area contributed by atoms with Crippen LogP contribution in [0, 0.1) is 17.8 Å². The van der Waals surface area contributed by atoms with E-state index in [-0.39, 0.29) is 56.5 Å². The van der Waals surface area contributed by atoms with E-state index >= 15 is 4.79 Å². The molecule has 6 atom stereocenters. The van der Waals surface area contributed by atoms with Gasteiger partial charge in [-0.05, 0) is 108 Å². The second kappa shape index (κ2) is 23.3. The lowest BCUT2D eigenvalue weighted by Crippen LogP contribution is -2.70. The number of nitrogens with one attached hydrogen (secondary N) is 1. The van der Waals surface area contributed by atoms with E-state index in [0.29, 0.717) is 65.8 Å². The van der Waals surface area contributed by atoms with Gasteiger partial charge in [-0.1, -0.05) is 97.7 Å². The van der Waals surface area contributed by atoms with E-state index in [1.54, 1.807) is 37.5 Å². The minimum absolute atomic E-state index is 0.00167. The van der Waals surface area contributed by atoms with Crippen molar-refractivity contribution in [3.05, 3.63) is 150 Å². The molecule has 368 valence electrons. The molecule has 1 heterocycles. The quantitative estimate of drug-likeness (QED) is 0.0346. The fourth-order valence-corrected chi connectivity index (χ4v) is 10.7. The molecule has 8 rings (SSSR count). The largest absolute Gasteiger partial charge is 0.497 e. The molecule has 1 saturated carbocycles. The van der Waals surface area contributed by atoms with E-state index in [9.17, 15) is 15.0 Å². The Kier molecular flexibility index (Phi) is 16.6. The first-order chi connectivity index (χ1) is 34.2. The van der Waals surface area contributed by atoms with Crippen molar-refractivity contribution in [1.29, 1.82) is 0 Å². The van der Waals surface area contributed by atoms with Crippen LogP contribution in [0.1, 0.15) is 85.7 Å². The summed E-state index contributed by atoms with van der Waals surface area (Å²) in [7, 11) is 3.07. The summed E-state index contributed by atoms with van der Waals surface area (Å²) in [5, 5.41) is 29.9. The Morgan fingerprint density at radius 3 is 2.37 bits per heavy atom. The highest BCUT2D eigenvalue weighted by Gasteiger charge is 2.65. The highest BCUT2D eigenvalue weighted by atomic mass is 16.7. The molecule has 2 amide bonds. The number of unbranched alkanes of at least 4 members (excludes halogenated alkanes) is 2. The number of amides is 2. The van der Waals surface area contributed by atoms with Crippen molar-refractivity contribution in [2.75, 3.05) is 45.9 Å². The Hall–Kier alpha value is -6.67. The molecule has 3 aliphatic rings. The monoisotopic (exact) mass is 951 g/mol. The number of nitrogens with zero attached hydrogens (tertiary/aromatic N) is 2. The van der Waals surface area contributed by atoms with E-state index in [1.165, 1.54) is 7.11 Å². The maximum atomic E-state index is 15.4. The van der Waals surface area contributed by atoms with Gasteiger partial charge in [0.05, 0.1) is 38.1 Å². The van der Waals surface area contributed by atoms with Gasteiger partial charge >= 0.3 is 6.09 Å². The zero-order chi connectivity index (χ0) is 49.0. The van der Waals surface area contributed by atoms with Gasteiger partial charge in [-0.25, -0.2) is 4.79 Å². The van der Waals surface area contributed by atoms with E-state index in [2.05, 4.69) is 24.9 Å². The number of ether oxygens (including phenoxy) is 5. The predicted molar refractivity (Wildman–Crippen MR) is 271 cm³/mol. The number of allylic oxidation sites excluding steroid dienone is 1. The first-order valence-corrected chi connectivity index (χ1v) is 24.5. The Morgan fingerprint density at radius 1 is 0.871 bits per heavy atom. The molecule has 70 heavy (non-hydrogen) atoms. The summed E-state index contributed by atoms with van der Waals surface area (Å²) < 4.78 is 31.6. The number of anilines is 1. The molecule has 1 aliphatic heterocycles. The summed E-state index contributed by atoms with van der Waals surface area (Å²) in [4.78, 5) is 37.2. The van der Waals surface area contributed by atoms with Crippen LogP contribution in [-0.4, -0.2) is 85.2 Å². The predicted octanol–water partition coefficient (Wildman–Crippen LogP) is 10.9. The van der Waals surface area contributed by atoms with Crippen LogP contribution >= 0.6 is 0 Å². The molecule has 13 heteroatoms. The fourth-order valence-electron chi connectivity index (χ4n) is 10.7. The zero-order valence-corrected chi connectivity index (χ0v) is 40.4. The summed E-state index contributed by atoms with van der Waals surface area (Å²) in [6.07, 6.45) is 8.50. The van der Waals surface area contributed by atoms with E-state index in [0.717, 1.165) is 53.2 Å². The number of carbonyl (C=O) groups is 2. The molecular formula is C57H65N3O10. The second-order valence-corrected chi connectivity index (χ2v) is 18.2. The standard InChI is InChI=1S/C57H65N3O10/c1-5-28-60(55(63)42-23-22-39-18-10-11-19-40(39)32-42)52-36-49(59-68-37-38-16-8-7-9-17-38)46-33-41(20-12-14-29-61)45(21-13-15-30-62)53-47-34-44(25-27-50(47)70-57(52,54(46)53)67-31-6-2)69-56(64)58-48-26-24-43(65-3)35-51(48)66-4/h6-11,16-19,22-27,32-35,41,45,52-54,61-62H,2,5,12-15,20-21,28-31,36-37H2,1,3-4H3,(H,58,64)/t41-,45+,52-,53+,54+,57+/m0/s1. The van der Waals surface area contributed by atoms with Crippen molar-refractivity contribution in [3.8, 4) is 23.0 Å². The summed E-state index contributed by atoms with van der Waals surface area (Å²) in [6, 6.07) is 33.4. The fraction of sp³-hybridized carbons (Fsp3) is 0.386. The van der Waals surface area contributed by atoms with Gasteiger partial charge in [0.1, 0.15) is 35.6 Å². The number of fused-ring (bicyclic) bond motifs is 3. The summed E-state index contributed by atoms with van der Waals surface area (Å²) in [6.45, 7) is 7.00. The molecule has 0 unspecified atom stereocenters. The molecule has 1 fully saturated rings. The number of benzene rings is 5. The highest BCUT2D eigenvalue weighted by Crippen LogP contribution is 2.62. The lowest BCUT2D eigenvalue weighted by Gasteiger charge is -2.60. The maximum Gasteiger partial charge on any atom is 0.417 e. The first-order valence-electron chi connectivity index (χ1n) is 24.5. The summed E-state index contributed by atoms with van der Waals surface area (Å²) >= 11 is 0. The number of hydrogen-bond acceptors (Lipinski definition) is 11. The van der Waals surface area contributed by atoms with Gasteiger partial charge < -0.3 is 43.6 Å². The summed E-state index contributed by atoms with van der Waals surface area (Å²) in [5.74, 6) is -0.750. The number of aliphatic hydroxyl groups excluding tert-OH is 2. The van der Waals surface area contributed by atoms with Crippen molar-refractivity contribution >= 4 is 34.2 Å².